The molecule has 0 aliphatic carbocycles. The number of anilines is 3. The summed E-state index contributed by atoms with van der Waals surface area (Å²) in [6.45, 7) is 8.44. The van der Waals surface area contributed by atoms with Gasteiger partial charge in [-0.3, -0.25) is 4.79 Å². The molecule has 0 unspecified atom stereocenters. The number of rotatable bonds is 4. The quantitative estimate of drug-likeness (QED) is 0.667. The van der Waals surface area contributed by atoms with Gasteiger partial charge in [0.05, 0.1) is 39.2 Å². The van der Waals surface area contributed by atoms with E-state index in [0.717, 1.165) is 34.4 Å². The average molecular weight is 435 g/mol. The van der Waals surface area contributed by atoms with Gasteiger partial charge in [0.25, 0.3) is 0 Å². The Hall–Kier alpha value is -3.58. The second kappa shape index (κ2) is 8.65. The van der Waals surface area contributed by atoms with Crippen LogP contribution < -0.4 is 10.2 Å². The molecule has 1 saturated heterocycles. The van der Waals surface area contributed by atoms with Crippen LogP contribution in [0.2, 0.25) is 0 Å². The number of pyridine rings is 1. The van der Waals surface area contributed by atoms with Crippen molar-refractivity contribution in [3.05, 3.63) is 40.8 Å². The normalized spacial score (nSPS) is 13.7. The lowest BCUT2D eigenvalue weighted by Gasteiger charge is -2.35. The highest BCUT2D eigenvalue weighted by atomic mass is 32.1. The maximum Gasteiger partial charge on any atom is 0.229 e. The maximum atomic E-state index is 11.5. The van der Waals surface area contributed by atoms with E-state index < -0.39 is 0 Å². The van der Waals surface area contributed by atoms with E-state index in [-0.39, 0.29) is 5.91 Å². The highest BCUT2D eigenvalue weighted by Crippen LogP contribution is 2.31. The second-order valence-electron chi connectivity index (χ2n) is 7.23. The predicted molar refractivity (Wildman–Crippen MR) is 119 cm³/mol. The number of piperazine rings is 1. The van der Waals surface area contributed by atoms with Crippen LogP contribution in [-0.2, 0) is 4.79 Å². The summed E-state index contributed by atoms with van der Waals surface area (Å²) >= 11 is 1.51. The van der Waals surface area contributed by atoms with Gasteiger partial charge in [0.2, 0.25) is 11.9 Å². The number of thiazole rings is 1. The lowest BCUT2D eigenvalue weighted by Crippen LogP contribution is -2.48. The van der Waals surface area contributed by atoms with Crippen LogP contribution in [-0.4, -0.2) is 56.9 Å². The summed E-state index contributed by atoms with van der Waals surface area (Å²) in [4.78, 5) is 34.2. The number of hydrogen-bond donors (Lipinski definition) is 1. The van der Waals surface area contributed by atoms with Gasteiger partial charge in [-0.25, -0.2) is 19.9 Å². The predicted octanol–water partition coefficient (Wildman–Crippen LogP) is 2.90. The van der Waals surface area contributed by atoms with E-state index in [0.29, 0.717) is 36.1 Å². The molecule has 1 aliphatic heterocycles. The van der Waals surface area contributed by atoms with Crippen LogP contribution in [0.3, 0.4) is 0 Å². The first kappa shape index (κ1) is 20.7. The highest BCUT2D eigenvalue weighted by molar-refractivity contribution is 7.15. The molecular weight excluding hydrogens is 412 g/mol. The molecule has 158 valence electrons. The zero-order valence-electron chi connectivity index (χ0n) is 17.6. The van der Waals surface area contributed by atoms with E-state index in [4.69, 9.17) is 0 Å². The first-order valence-electron chi connectivity index (χ1n) is 9.89. The molecule has 0 radical (unpaired) electrons. The number of aryl methyl sites for hydroxylation is 2. The molecule has 0 bridgehead atoms. The summed E-state index contributed by atoms with van der Waals surface area (Å²) in [5, 5.41) is 13.5. The standard InChI is InChI=1S/C21H22N8OS/c1-13-20(31-14(2)25-13)19-16(10-22)11-24-21(27-19)26-18-5-4-17(12-23-18)29-8-6-28(7-9-29)15(3)30/h4-5,11-12H,6-9H2,1-3H3,(H,23,24,26,27). The first-order chi connectivity index (χ1) is 14.9. The lowest BCUT2D eigenvalue weighted by atomic mass is 10.2. The van der Waals surface area contributed by atoms with Crippen LogP contribution in [0.1, 0.15) is 23.2 Å². The van der Waals surface area contributed by atoms with Gasteiger partial charge in [-0.05, 0) is 26.0 Å². The Morgan fingerprint density at radius 1 is 1.13 bits per heavy atom. The zero-order chi connectivity index (χ0) is 22.0. The minimum absolute atomic E-state index is 0.114. The molecular formula is C21H22N8OS. The maximum absolute atomic E-state index is 11.5. The van der Waals surface area contributed by atoms with Crippen molar-refractivity contribution in [2.75, 3.05) is 36.4 Å². The molecule has 4 heterocycles. The van der Waals surface area contributed by atoms with Gasteiger partial charge >= 0.3 is 0 Å². The molecule has 1 aliphatic rings. The van der Waals surface area contributed by atoms with Crippen LogP contribution >= 0.6 is 11.3 Å². The number of hydrogen-bond acceptors (Lipinski definition) is 9. The van der Waals surface area contributed by atoms with E-state index in [1.54, 1.807) is 13.1 Å². The smallest absolute Gasteiger partial charge is 0.229 e. The van der Waals surface area contributed by atoms with Crippen LogP contribution in [0.25, 0.3) is 10.6 Å². The molecule has 3 aromatic heterocycles. The van der Waals surface area contributed by atoms with Gasteiger partial charge < -0.3 is 15.1 Å². The van der Waals surface area contributed by atoms with Crippen LogP contribution in [0.4, 0.5) is 17.5 Å². The monoisotopic (exact) mass is 434 g/mol. The van der Waals surface area contributed by atoms with Crippen molar-refractivity contribution < 1.29 is 4.79 Å². The fourth-order valence-electron chi connectivity index (χ4n) is 3.49. The number of aromatic nitrogens is 4. The first-order valence-corrected chi connectivity index (χ1v) is 10.7. The molecule has 1 fully saturated rings. The molecule has 1 amide bonds. The highest BCUT2D eigenvalue weighted by Gasteiger charge is 2.19. The fraction of sp³-hybridized carbons (Fsp3) is 0.333. The lowest BCUT2D eigenvalue weighted by molar-refractivity contribution is -0.129. The minimum atomic E-state index is 0.114. The van der Waals surface area contributed by atoms with E-state index in [1.165, 1.54) is 17.5 Å². The number of carbonyl (C=O) groups excluding carboxylic acids is 1. The number of carbonyl (C=O) groups is 1. The van der Waals surface area contributed by atoms with Crippen LogP contribution in [0.5, 0.6) is 0 Å². The van der Waals surface area contributed by atoms with Crippen molar-refractivity contribution in [1.29, 1.82) is 5.26 Å². The number of amides is 1. The fourth-order valence-corrected chi connectivity index (χ4v) is 4.41. The molecule has 1 N–H and O–H groups in total. The van der Waals surface area contributed by atoms with E-state index in [2.05, 4.69) is 36.2 Å². The third kappa shape index (κ3) is 4.46. The largest absolute Gasteiger partial charge is 0.367 e. The zero-order valence-corrected chi connectivity index (χ0v) is 18.4. The van der Waals surface area contributed by atoms with E-state index in [1.807, 2.05) is 30.9 Å². The molecule has 4 rings (SSSR count). The summed E-state index contributed by atoms with van der Waals surface area (Å²) in [6.07, 6.45) is 3.31. The second-order valence-corrected chi connectivity index (χ2v) is 8.44. The Morgan fingerprint density at radius 2 is 1.90 bits per heavy atom. The average Bonchev–Trinajstić information content (AvgIpc) is 3.12. The summed E-state index contributed by atoms with van der Waals surface area (Å²) in [5.41, 5.74) is 2.83. The van der Waals surface area contributed by atoms with Gasteiger partial charge in [0, 0.05) is 33.1 Å². The summed E-state index contributed by atoms with van der Waals surface area (Å²) in [7, 11) is 0. The third-order valence-electron chi connectivity index (χ3n) is 5.11. The van der Waals surface area contributed by atoms with Crippen molar-refractivity contribution in [2.45, 2.75) is 20.8 Å². The SMILES string of the molecule is CC(=O)N1CCN(c2ccc(Nc3ncc(C#N)c(-c4sc(C)nc4C)n3)nc2)CC1. The van der Waals surface area contributed by atoms with Gasteiger partial charge in [0.15, 0.2) is 0 Å². The van der Waals surface area contributed by atoms with Gasteiger partial charge in [-0.2, -0.15) is 5.26 Å². The van der Waals surface area contributed by atoms with E-state index >= 15 is 0 Å². The molecule has 0 aromatic carbocycles. The molecule has 10 heteroatoms. The Balaban J connectivity index is 1.50. The summed E-state index contributed by atoms with van der Waals surface area (Å²) in [5.74, 6) is 1.09. The van der Waals surface area contributed by atoms with Crippen molar-refractivity contribution in [2.24, 2.45) is 0 Å². The Labute approximate surface area is 184 Å². The molecule has 3 aromatic rings. The van der Waals surface area contributed by atoms with E-state index in [9.17, 15) is 10.1 Å². The van der Waals surface area contributed by atoms with Crippen molar-refractivity contribution in [1.82, 2.24) is 24.8 Å². The number of nitriles is 1. The van der Waals surface area contributed by atoms with Crippen molar-refractivity contribution >= 4 is 34.7 Å². The number of nitrogens with one attached hydrogen (secondary N) is 1. The molecule has 0 spiro atoms. The molecule has 9 nitrogen and oxygen atoms in total. The Morgan fingerprint density at radius 3 is 2.48 bits per heavy atom. The molecule has 0 atom stereocenters. The van der Waals surface area contributed by atoms with Crippen LogP contribution in [0, 0.1) is 25.2 Å². The number of nitrogens with zero attached hydrogens (tertiary/aromatic N) is 7. The van der Waals surface area contributed by atoms with Gasteiger partial charge in [-0.15, -0.1) is 11.3 Å². The Kier molecular flexibility index (Phi) is 5.77. The van der Waals surface area contributed by atoms with Gasteiger partial charge in [-0.1, -0.05) is 0 Å². The third-order valence-corrected chi connectivity index (χ3v) is 6.19. The summed E-state index contributed by atoms with van der Waals surface area (Å²) in [6, 6.07) is 6.01. The van der Waals surface area contributed by atoms with Crippen LogP contribution in [0.15, 0.2) is 24.5 Å². The summed E-state index contributed by atoms with van der Waals surface area (Å²) < 4.78 is 0. The Bertz CT molecular complexity index is 1140. The van der Waals surface area contributed by atoms with Crippen molar-refractivity contribution in [3.63, 3.8) is 0 Å². The minimum Gasteiger partial charge on any atom is -0.367 e. The van der Waals surface area contributed by atoms with Gasteiger partial charge in [0.1, 0.15) is 17.6 Å². The topological polar surface area (TPSA) is 111 Å². The van der Waals surface area contributed by atoms with Crippen molar-refractivity contribution in [3.8, 4) is 16.6 Å². The molecule has 0 saturated carbocycles. The molecule has 31 heavy (non-hydrogen) atoms.